The molecule has 1 aliphatic rings. The number of carbonyl (C=O) groups is 2. The molecule has 2 aromatic carbocycles. The van der Waals surface area contributed by atoms with Gasteiger partial charge in [0, 0.05) is 31.8 Å². The first-order valence-electron chi connectivity index (χ1n) is 11.1. The number of hydrogen-bond acceptors (Lipinski definition) is 5. The Balaban J connectivity index is 1.99. The van der Waals surface area contributed by atoms with Gasteiger partial charge >= 0.3 is 0 Å². The molecule has 0 atom stereocenters. The van der Waals surface area contributed by atoms with Gasteiger partial charge in [-0.3, -0.25) is 14.5 Å². The van der Waals surface area contributed by atoms with Crippen LogP contribution in [0.4, 0.5) is 0 Å². The summed E-state index contributed by atoms with van der Waals surface area (Å²) in [6, 6.07) is 17.3. The van der Waals surface area contributed by atoms with E-state index in [-0.39, 0.29) is 17.9 Å². The lowest BCUT2D eigenvalue weighted by Gasteiger charge is -2.25. The molecule has 6 nitrogen and oxygen atoms in total. The molecule has 1 aliphatic heterocycles. The van der Waals surface area contributed by atoms with E-state index >= 15 is 0 Å². The van der Waals surface area contributed by atoms with Crippen molar-refractivity contribution >= 4 is 17.4 Å². The topological polar surface area (TPSA) is 59.1 Å². The van der Waals surface area contributed by atoms with E-state index in [1.54, 1.807) is 7.11 Å². The van der Waals surface area contributed by atoms with Gasteiger partial charge in [-0.1, -0.05) is 48.5 Å². The molecule has 0 aromatic heterocycles. The van der Waals surface area contributed by atoms with Crippen molar-refractivity contribution < 1.29 is 19.1 Å². The van der Waals surface area contributed by atoms with Crippen LogP contribution in [0.3, 0.4) is 0 Å². The van der Waals surface area contributed by atoms with Gasteiger partial charge in [-0.25, -0.2) is 0 Å². The first kappa shape index (κ1) is 23.5. The molecule has 0 radical (unpaired) electrons. The Bertz CT molecular complexity index is 969. The van der Waals surface area contributed by atoms with E-state index in [1.807, 2.05) is 80.3 Å². The molecule has 1 heterocycles. The molecule has 0 aliphatic carbocycles. The van der Waals surface area contributed by atoms with Crippen LogP contribution in [0.1, 0.15) is 38.3 Å². The maximum atomic E-state index is 13.5. The normalized spacial score (nSPS) is 14.0. The van der Waals surface area contributed by atoms with Crippen molar-refractivity contribution in [2.45, 2.75) is 39.8 Å². The van der Waals surface area contributed by atoms with Gasteiger partial charge in [-0.2, -0.15) is 0 Å². The SMILES string of the molecule is CCN(Cc1ccccc1)C1=C(c2ccccc2OC)C(=O)N(CCCOC(C)C)C1=O. The fraction of sp³-hybridized carbons (Fsp3) is 0.385. The fourth-order valence-corrected chi connectivity index (χ4v) is 3.85. The Kier molecular flexibility index (Phi) is 8.06. The van der Waals surface area contributed by atoms with Gasteiger partial charge in [0.05, 0.1) is 18.8 Å². The van der Waals surface area contributed by atoms with Crippen LogP contribution in [0.2, 0.25) is 0 Å². The molecule has 32 heavy (non-hydrogen) atoms. The minimum Gasteiger partial charge on any atom is -0.496 e. The molecule has 0 saturated carbocycles. The molecule has 0 fully saturated rings. The predicted octanol–water partition coefficient (Wildman–Crippen LogP) is 4.11. The number of ether oxygens (including phenoxy) is 2. The zero-order chi connectivity index (χ0) is 23.1. The van der Waals surface area contributed by atoms with E-state index in [4.69, 9.17) is 9.47 Å². The largest absolute Gasteiger partial charge is 0.496 e. The van der Waals surface area contributed by atoms with Crippen LogP contribution in [0.25, 0.3) is 5.57 Å². The summed E-state index contributed by atoms with van der Waals surface area (Å²) in [6.45, 7) is 7.86. The Hall–Kier alpha value is -3.12. The van der Waals surface area contributed by atoms with Crippen LogP contribution in [-0.2, 0) is 20.9 Å². The number of methoxy groups -OCH3 is 1. The average Bonchev–Trinajstić information content (AvgIpc) is 3.05. The first-order chi connectivity index (χ1) is 15.5. The Morgan fingerprint density at radius 2 is 1.66 bits per heavy atom. The van der Waals surface area contributed by atoms with Gasteiger partial charge in [0.2, 0.25) is 0 Å². The smallest absolute Gasteiger partial charge is 0.277 e. The third-order valence-electron chi connectivity index (χ3n) is 5.41. The molecular weight excluding hydrogens is 404 g/mol. The lowest BCUT2D eigenvalue weighted by Crippen LogP contribution is -2.36. The summed E-state index contributed by atoms with van der Waals surface area (Å²) >= 11 is 0. The first-order valence-corrected chi connectivity index (χ1v) is 11.1. The summed E-state index contributed by atoms with van der Waals surface area (Å²) in [5, 5.41) is 0. The molecule has 0 bridgehead atoms. The molecule has 3 rings (SSSR count). The highest BCUT2D eigenvalue weighted by Crippen LogP contribution is 2.36. The highest BCUT2D eigenvalue weighted by atomic mass is 16.5. The van der Waals surface area contributed by atoms with E-state index in [0.29, 0.717) is 55.2 Å². The lowest BCUT2D eigenvalue weighted by atomic mass is 10.0. The van der Waals surface area contributed by atoms with Crippen molar-refractivity contribution in [3.8, 4) is 5.75 Å². The summed E-state index contributed by atoms with van der Waals surface area (Å²) in [7, 11) is 1.57. The molecule has 0 N–H and O–H groups in total. The van der Waals surface area contributed by atoms with Crippen LogP contribution in [0, 0.1) is 0 Å². The van der Waals surface area contributed by atoms with Gasteiger partial charge in [0.25, 0.3) is 11.8 Å². The number of likely N-dealkylation sites (N-methyl/N-ethyl adjacent to an activating group) is 1. The van der Waals surface area contributed by atoms with E-state index < -0.39 is 0 Å². The number of rotatable bonds is 11. The average molecular weight is 437 g/mol. The predicted molar refractivity (Wildman–Crippen MR) is 125 cm³/mol. The van der Waals surface area contributed by atoms with Crippen molar-refractivity contribution in [3.05, 3.63) is 71.4 Å². The molecule has 0 spiro atoms. The van der Waals surface area contributed by atoms with Crippen LogP contribution in [0.5, 0.6) is 5.75 Å². The highest BCUT2D eigenvalue weighted by Gasteiger charge is 2.41. The van der Waals surface area contributed by atoms with Crippen molar-refractivity contribution in [2.24, 2.45) is 0 Å². The number of nitrogens with zero attached hydrogens (tertiary/aromatic N) is 2. The molecule has 2 aromatic rings. The molecule has 6 heteroatoms. The Morgan fingerprint density at radius 1 is 0.969 bits per heavy atom. The molecular formula is C26H32N2O4. The summed E-state index contributed by atoms with van der Waals surface area (Å²) in [6.07, 6.45) is 0.701. The monoisotopic (exact) mass is 436 g/mol. The van der Waals surface area contributed by atoms with E-state index in [1.165, 1.54) is 4.90 Å². The minimum atomic E-state index is -0.287. The molecule has 0 saturated heterocycles. The van der Waals surface area contributed by atoms with Gasteiger partial charge in [0.15, 0.2) is 0 Å². The maximum Gasteiger partial charge on any atom is 0.277 e. The van der Waals surface area contributed by atoms with Crippen molar-refractivity contribution in [3.63, 3.8) is 0 Å². The standard InChI is InChI=1S/C26H32N2O4/c1-5-27(18-20-12-7-6-8-13-20)24-23(21-14-9-10-15-22(21)31-4)25(29)28(26(24)30)16-11-17-32-19(2)3/h6-10,12-15,19H,5,11,16-18H2,1-4H3. The second-order valence-electron chi connectivity index (χ2n) is 7.96. The molecule has 170 valence electrons. The van der Waals surface area contributed by atoms with Crippen molar-refractivity contribution in [1.29, 1.82) is 0 Å². The van der Waals surface area contributed by atoms with Crippen LogP contribution < -0.4 is 4.74 Å². The van der Waals surface area contributed by atoms with E-state index in [0.717, 1.165) is 5.56 Å². The van der Waals surface area contributed by atoms with E-state index in [2.05, 4.69) is 0 Å². The van der Waals surface area contributed by atoms with Crippen LogP contribution in [0.15, 0.2) is 60.3 Å². The van der Waals surface area contributed by atoms with Crippen molar-refractivity contribution in [2.75, 3.05) is 26.8 Å². The Labute approximate surface area is 190 Å². The number of hydrogen-bond donors (Lipinski definition) is 0. The van der Waals surface area contributed by atoms with Gasteiger partial charge in [0.1, 0.15) is 11.4 Å². The van der Waals surface area contributed by atoms with Crippen LogP contribution in [-0.4, -0.2) is 54.5 Å². The lowest BCUT2D eigenvalue weighted by molar-refractivity contribution is -0.137. The summed E-state index contributed by atoms with van der Waals surface area (Å²) in [4.78, 5) is 30.4. The molecule has 2 amide bonds. The fourth-order valence-electron chi connectivity index (χ4n) is 3.85. The zero-order valence-corrected chi connectivity index (χ0v) is 19.3. The van der Waals surface area contributed by atoms with Gasteiger partial charge < -0.3 is 14.4 Å². The Morgan fingerprint density at radius 3 is 2.31 bits per heavy atom. The highest BCUT2D eigenvalue weighted by molar-refractivity contribution is 6.36. The third kappa shape index (κ3) is 5.19. The minimum absolute atomic E-state index is 0.110. The number of imide groups is 1. The van der Waals surface area contributed by atoms with Crippen LogP contribution >= 0.6 is 0 Å². The number of amides is 2. The van der Waals surface area contributed by atoms with Gasteiger partial charge in [-0.15, -0.1) is 0 Å². The second kappa shape index (κ2) is 11.0. The number of benzene rings is 2. The summed E-state index contributed by atoms with van der Waals surface area (Å²) < 4.78 is 11.1. The third-order valence-corrected chi connectivity index (χ3v) is 5.41. The second-order valence-corrected chi connectivity index (χ2v) is 7.96. The zero-order valence-electron chi connectivity index (χ0n) is 19.3. The quantitative estimate of drug-likeness (QED) is 0.392. The summed E-state index contributed by atoms with van der Waals surface area (Å²) in [5.41, 5.74) is 2.53. The number of para-hydroxylation sites is 1. The number of carbonyl (C=O) groups excluding carboxylic acids is 2. The van der Waals surface area contributed by atoms with E-state index in [9.17, 15) is 9.59 Å². The summed E-state index contributed by atoms with van der Waals surface area (Å²) in [5.74, 6) is 0.0192. The van der Waals surface area contributed by atoms with Crippen molar-refractivity contribution in [1.82, 2.24) is 9.80 Å². The maximum absolute atomic E-state index is 13.5. The van der Waals surface area contributed by atoms with Gasteiger partial charge in [-0.05, 0) is 38.8 Å². The molecule has 0 unspecified atom stereocenters.